The number of anilines is 1. The number of hydrogen-bond acceptors (Lipinski definition) is 5. The molecule has 4 aromatic rings. The summed E-state index contributed by atoms with van der Waals surface area (Å²) in [5.41, 5.74) is 3.47. The molecule has 0 saturated carbocycles. The molecule has 4 rings (SSSR count). The largest absolute Gasteiger partial charge is 0.279 e. The van der Waals surface area contributed by atoms with E-state index in [-0.39, 0.29) is 16.6 Å². The monoisotopic (exact) mass is 478 g/mol. The van der Waals surface area contributed by atoms with Crippen LogP contribution in [0.2, 0.25) is 0 Å². The van der Waals surface area contributed by atoms with E-state index >= 15 is 0 Å². The van der Waals surface area contributed by atoms with E-state index in [1.54, 1.807) is 24.0 Å². The smallest absolute Gasteiger partial charge is 0.260 e. The maximum atomic E-state index is 13.6. The van der Waals surface area contributed by atoms with Crippen LogP contribution >= 0.6 is 11.3 Å². The van der Waals surface area contributed by atoms with Gasteiger partial charge < -0.3 is 0 Å². The molecule has 1 aromatic heterocycles. The van der Waals surface area contributed by atoms with Crippen molar-refractivity contribution in [2.45, 2.75) is 38.1 Å². The van der Waals surface area contributed by atoms with Gasteiger partial charge in [0, 0.05) is 5.56 Å². The van der Waals surface area contributed by atoms with Crippen molar-refractivity contribution in [3.63, 3.8) is 0 Å². The molecular weight excluding hydrogens is 452 g/mol. The van der Waals surface area contributed by atoms with Gasteiger partial charge in [0.05, 0.1) is 27.4 Å². The third-order valence-corrected chi connectivity index (χ3v) is 8.35. The van der Waals surface area contributed by atoms with Crippen molar-refractivity contribution in [2.75, 3.05) is 10.7 Å². The number of carbonyl (C=O) groups excluding carboxylic acids is 1. The molecule has 0 aliphatic carbocycles. The minimum Gasteiger partial charge on any atom is -0.279 e. The fourth-order valence-electron chi connectivity index (χ4n) is 3.66. The highest BCUT2D eigenvalue weighted by molar-refractivity contribution is 7.91. The molecule has 0 N–H and O–H groups in total. The van der Waals surface area contributed by atoms with Crippen LogP contribution in [0.4, 0.5) is 5.13 Å². The minimum atomic E-state index is -3.33. The zero-order chi connectivity index (χ0) is 23.6. The Morgan fingerprint density at radius 1 is 0.970 bits per heavy atom. The number of hydrogen-bond donors (Lipinski definition) is 0. The highest BCUT2D eigenvalue weighted by Crippen LogP contribution is 2.34. The normalized spacial score (nSPS) is 11.8. The number of amides is 1. The number of carbonyl (C=O) groups is 1. The van der Waals surface area contributed by atoms with Crippen molar-refractivity contribution in [3.8, 4) is 0 Å². The Bertz CT molecular complexity index is 1380. The molecule has 7 heteroatoms. The molecule has 0 aliphatic heterocycles. The molecule has 170 valence electrons. The van der Waals surface area contributed by atoms with Crippen molar-refractivity contribution in [2.24, 2.45) is 0 Å². The van der Waals surface area contributed by atoms with Gasteiger partial charge in [0.15, 0.2) is 15.0 Å². The molecule has 0 fully saturated rings. The Morgan fingerprint density at radius 2 is 1.67 bits per heavy atom. The standard InChI is InChI=1S/C26H26N2O3S2/c1-4-33(30,31)21-15-13-20(14-16-21)25(29)28(17-19-9-6-5-7-10-19)26-27-24-22(18(2)3)11-8-12-23(24)32-26/h5-16,18H,4,17H2,1-3H3. The van der Waals surface area contributed by atoms with Crippen LogP contribution in [-0.2, 0) is 16.4 Å². The van der Waals surface area contributed by atoms with Crippen LogP contribution in [0.1, 0.15) is 48.2 Å². The van der Waals surface area contributed by atoms with E-state index in [0.29, 0.717) is 23.2 Å². The number of nitrogens with zero attached hydrogens (tertiary/aromatic N) is 2. The summed E-state index contributed by atoms with van der Waals surface area (Å²) >= 11 is 1.49. The second-order valence-electron chi connectivity index (χ2n) is 8.15. The molecule has 0 saturated heterocycles. The zero-order valence-electron chi connectivity index (χ0n) is 18.9. The summed E-state index contributed by atoms with van der Waals surface area (Å²) in [5, 5.41) is 0.622. The van der Waals surface area contributed by atoms with Crippen LogP contribution in [0.15, 0.2) is 77.7 Å². The summed E-state index contributed by atoms with van der Waals surface area (Å²) in [4.78, 5) is 20.4. The predicted octanol–water partition coefficient (Wildman–Crippen LogP) is 6.06. The fraction of sp³-hybridized carbons (Fsp3) is 0.231. The van der Waals surface area contributed by atoms with Crippen LogP contribution in [0.5, 0.6) is 0 Å². The molecule has 0 spiro atoms. The molecule has 0 aliphatic rings. The van der Waals surface area contributed by atoms with E-state index in [1.807, 2.05) is 42.5 Å². The first-order chi connectivity index (χ1) is 15.8. The maximum Gasteiger partial charge on any atom is 0.260 e. The van der Waals surface area contributed by atoms with Crippen molar-refractivity contribution in [1.29, 1.82) is 0 Å². The van der Waals surface area contributed by atoms with Crippen LogP contribution in [-0.4, -0.2) is 25.1 Å². The summed E-state index contributed by atoms with van der Waals surface area (Å²) in [7, 11) is -3.33. The van der Waals surface area contributed by atoms with Crippen molar-refractivity contribution in [3.05, 3.63) is 89.5 Å². The Morgan fingerprint density at radius 3 is 2.30 bits per heavy atom. The summed E-state index contributed by atoms with van der Waals surface area (Å²) < 4.78 is 25.4. The predicted molar refractivity (Wildman–Crippen MR) is 135 cm³/mol. The zero-order valence-corrected chi connectivity index (χ0v) is 20.5. The lowest BCUT2D eigenvalue weighted by molar-refractivity contribution is 0.0985. The van der Waals surface area contributed by atoms with Crippen LogP contribution in [0.25, 0.3) is 10.2 Å². The van der Waals surface area contributed by atoms with Crippen molar-refractivity contribution >= 4 is 42.4 Å². The quantitative estimate of drug-likeness (QED) is 0.324. The number of aromatic nitrogens is 1. The molecule has 0 radical (unpaired) electrons. The lowest BCUT2D eigenvalue weighted by atomic mass is 10.0. The van der Waals surface area contributed by atoms with Gasteiger partial charge in [-0.15, -0.1) is 0 Å². The Hall–Kier alpha value is -3.03. The number of rotatable bonds is 7. The Kier molecular flexibility index (Phi) is 6.63. The topological polar surface area (TPSA) is 67.3 Å². The van der Waals surface area contributed by atoms with Gasteiger partial charge in [0.25, 0.3) is 5.91 Å². The van der Waals surface area contributed by atoms with Gasteiger partial charge in [-0.1, -0.05) is 74.6 Å². The minimum absolute atomic E-state index is 0.0182. The summed E-state index contributed by atoms with van der Waals surface area (Å²) in [5.74, 6) is 0.115. The summed E-state index contributed by atoms with van der Waals surface area (Å²) in [6.45, 7) is 6.24. The molecule has 0 bridgehead atoms. The van der Waals surface area contributed by atoms with E-state index in [9.17, 15) is 13.2 Å². The molecule has 0 atom stereocenters. The van der Waals surface area contributed by atoms with Crippen molar-refractivity contribution in [1.82, 2.24) is 4.98 Å². The molecule has 33 heavy (non-hydrogen) atoms. The second kappa shape index (κ2) is 9.45. The van der Waals surface area contributed by atoms with E-state index in [2.05, 4.69) is 19.9 Å². The van der Waals surface area contributed by atoms with Crippen molar-refractivity contribution < 1.29 is 13.2 Å². The molecule has 1 heterocycles. The van der Waals surface area contributed by atoms with E-state index in [1.165, 1.54) is 23.5 Å². The number of benzene rings is 3. The lowest BCUT2D eigenvalue weighted by Gasteiger charge is -2.20. The first-order valence-corrected chi connectivity index (χ1v) is 13.3. The molecule has 5 nitrogen and oxygen atoms in total. The van der Waals surface area contributed by atoms with Gasteiger partial charge in [0.2, 0.25) is 0 Å². The highest BCUT2D eigenvalue weighted by atomic mass is 32.2. The average Bonchev–Trinajstić information content (AvgIpc) is 3.26. The average molecular weight is 479 g/mol. The molecule has 0 unspecified atom stereocenters. The van der Waals surface area contributed by atoms with Crippen LogP contribution in [0.3, 0.4) is 0 Å². The maximum absolute atomic E-state index is 13.6. The molecule has 3 aromatic carbocycles. The van der Waals surface area contributed by atoms with Gasteiger partial charge in [-0.2, -0.15) is 0 Å². The molecular formula is C26H26N2O3S2. The van der Waals surface area contributed by atoms with E-state index < -0.39 is 9.84 Å². The lowest BCUT2D eigenvalue weighted by Crippen LogP contribution is -2.30. The van der Waals surface area contributed by atoms with Gasteiger partial charge in [0.1, 0.15) is 0 Å². The SMILES string of the molecule is CCS(=O)(=O)c1ccc(C(=O)N(Cc2ccccc2)c2nc3c(C(C)C)cccc3s2)cc1. The third kappa shape index (κ3) is 4.84. The highest BCUT2D eigenvalue weighted by Gasteiger charge is 2.23. The van der Waals surface area contributed by atoms with E-state index in [4.69, 9.17) is 4.98 Å². The van der Waals surface area contributed by atoms with Crippen LogP contribution < -0.4 is 4.90 Å². The summed E-state index contributed by atoms with van der Waals surface area (Å²) in [6, 6.07) is 22.1. The van der Waals surface area contributed by atoms with Gasteiger partial charge in [-0.3, -0.25) is 9.69 Å². The van der Waals surface area contributed by atoms with Gasteiger partial charge in [-0.05, 0) is 47.4 Å². The first-order valence-electron chi connectivity index (χ1n) is 10.9. The number of sulfone groups is 1. The third-order valence-electron chi connectivity index (χ3n) is 5.56. The van der Waals surface area contributed by atoms with Gasteiger partial charge >= 0.3 is 0 Å². The Labute approximate surface area is 198 Å². The summed E-state index contributed by atoms with van der Waals surface area (Å²) in [6.07, 6.45) is 0. The number of thiazole rings is 1. The van der Waals surface area contributed by atoms with E-state index in [0.717, 1.165) is 21.3 Å². The van der Waals surface area contributed by atoms with Gasteiger partial charge in [-0.25, -0.2) is 13.4 Å². The second-order valence-corrected chi connectivity index (χ2v) is 11.4. The van der Waals surface area contributed by atoms with Crippen LogP contribution in [0, 0.1) is 0 Å². The number of para-hydroxylation sites is 1. The first kappa shape index (κ1) is 23.1. The fourth-order valence-corrected chi connectivity index (χ4v) is 5.54. The molecule has 1 amide bonds. The Balaban J connectivity index is 1.76. The number of fused-ring (bicyclic) bond motifs is 1.